The highest BCUT2D eigenvalue weighted by atomic mass is 79.9. The molecule has 0 unspecified atom stereocenters. The maximum absolute atomic E-state index is 11.4. The first-order valence-corrected chi connectivity index (χ1v) is 11.9. The Hall–Kier alpha value is -2.23. The second kappa shape index (κ2) is 10.7. The third-order valence-electron chi connectivity index (χ3n) is 3.66. The van der Waals surface area contributed by atoms with Crippen molar-refractivity contribution in [2.75, 3.05) is 20.5 Å². The number of phenolic OH excluding ortho intramolecular Hbond substituents is 1. The molecule has 0 atom stereocenters. The van der Waals surface area contributed by atoms with Gasteiger partial charge in [0.1, 0.15) is 28.7 Å². The molecule has 0 saturated heterocycles. The molecule has 160 valence electrons. The molecule has 0 aliphatic heterocycles. The minimum Gasteiger partial charge on any atom is -0.508 e. The van der Waals surface area contributed by atoms with E-state index in [1.165, 1.54) is 18.4 Å². The molecule has 0 aliphatic carbocycles. The van der Waals surface area contributed by atoms with Crippen LogP contribution in [0.15, 0.2) is 74.5 Å². The van der Waals surface area contributed by atoms with E-state index < -0.39 is 9.84 Å². The summed E-state index contributed by atoms with van der Waals surface area (Å²) in [5, 5.41) is 9.02. The Morgan fingerprint density at radius 1 is 0.733 bits per heavy atom. The molecular formula is C21H20Br2O6S. The molecule has 0 aromatic heterocycles. The fraction of sp³-hybridized carbons (Fsp3) is 0.143. The SMILES string of the molecule is COc1cc(Br)cc(Oc2ccc(S(C)(=O)=O)cc2)c1.COc1cc(O)cc(Br)c1. The highest BCUT2D eigenvalue weighted by molar-refractivity contribution is 9.10. The maximum Gasteiger partial charge on any atom is 0.175 e. The van der Waals surface area contributed by atoms with Gasteiger partial charge in [-0.15, -0.1) is 0 Å². The Morgan fingerprint density at radius 3 is 1.73 bits per heavy atom. The van der Waals surface area contributed by atoms with Gasteiger partial charge in [0.15, 0.2) is 9.84 Å². The van der Waals surface area contributed by atoms with Crippen LogP contribution in [0.1, 0.15) is 0 Å². The van der Waals surface area contributed by atoms with Crippen LogP contribution < -0.4 is 14.2 Å². The lowest BCUT2D eigenvalue weighted by molar-refractivity contribution is 0.407. The van der Waals surface area contributed by atoms with Crippen LogP contribution in [0.25, 0.3) is 0 Å². The van der Waals surface area contributed by atoms with Crippen molar-refractivity contribution < 1.29 is 27.7 Å². The van der Waals surface area contributed by atoms with Gasteiger partial charge in [0.25, 0.3) is 0 Å². The number of methoxy groups -OCH3 is 2. The molecule has 3 aromatic carbocycles. The number of hydrogen-bond acceptors (Lipinski definition) is 6. The van der Waals surface area contributed by atoms with Crippen molar-refractivity contribution in [2.45, 2.75) is 4.90 Å². The molecule has 0 fully saturated rings. The van der Waals surface area contributed by atoms with Crippen LogP contribution in [-0.4, -0.2) is 34.0 Å². The minimum absolute atomic E-state index is 0.200. The summed E-state index contributed by atoms with van der Waals surface area (Å²) in [6.45, 7) is 0. The Labute approximate surface area is 192 Å². The molecule has 3 rings (SSSR count). The summed E-state index contributed by atoms with van der Waals surface area (Å²) < 4.78 is 40.1. The first kappa shape index (κ1) is 24.0. The number of aromatic hydroxyl groups is 1. The van der Waals surface area contributed by atoms with E-state index in [4.69, 9.17) is 19.3 Å². The summed E-state index contributed by atoms with van der Waals surface area (Å²) in [7, 11) is -0.0603. The second-order valence-corrected chi connectivity index (χ2v) is 9.87. The predicted octanol–water partition coefficient (Wildman–Crippen LogP) is 5.82. The molecule has 0 aliphatic rings. The molecule has 0 radical (unpaired) electrons. The Morgan fingerprint density at radius 2 is 1.23 bits per heavy atom. The third-order valence-corrected chi connectivity index (χ3v) is 5.70. The molecule has 0 bridgehead atoms. The maximum atomic E-state index is 11.4. The van der Waals surface area contributed by atoms with Gasteiger partial charge in [-0.1, -0.05) is 31.9 Å². The molecule has 0 amide bonds. The van der Waals surface area contributed by atoms with Gasteiger partial charge < -0.3 is 19.3 Å². The molecule has 0 spiro atoms. The normalized spacial score (nSPS) is 10.6. The molecule has 1 N–H and O–H groups in total. The summed E-state index contributed by atoms with van der Waals surface area (Å²) in [5.74, 6) is 2.67. The van der Waals surface area contributed by atoms with Crippen molar-refractivity contribution in [2.24, 2.45) is 0 Å². The summed E-state index contributed by atoms with van der Waals surface area (Å²) in [4.78, 5) is 0.261. The standard InChI is InChI=1S/C14H13BrO4S.C7H7BrO2/c1-18-12-7-10(15)8-13(9-12)19-11-3-5-14(6-4-11)20(2,16)17;1-10-7-3-5(8)2-6(9)4-7/h3-9H,1-2H3;2-4,9H,1H3. The Kier molecular flexibility index (Phi) is 8.57. The van der Waals surface area contributed by atoms with Gasteiger partial charge in [0, 0.05) is 27.3 Å². The van der Waals surface area contributed by atoms with Crippen LogP contribution in [0.5, 0.6) is 28.7 Å². The highest BCUT2D eigenvalue weighted by Gasteiger charge is 2.07. The van der Waals surface area contributed by atoms with E-state index in [9.17, 15) is 8.42 Å². The first-order valence-electron chi connectivity index (χ1n) is 8.47. The predicted molar refractivity (Wildman–Crippen MR) is 123 cm³/mol. The number of ether oxygens (including phenoxy) is 3. The lowest BCUT2D eigenvalue weighted by atomic mass is 10.3. The Balaban J connectivity index is 0.000000269. The number of sulfone groups is 1. The number of benzene rings is 3. The van der Waals surface area contributed by atoms with Crippen molar-refractivity contribution >= 4 is 41.7 Å². The number of halogens is 2. The van der Waals surface area contributed by atoms with Crippen molar-refractivity contribution in [3.8, 4) is 28.7 Å². The summed E-state index contributed by atoms with van der Waals surface area (Å²) in [5.41, 5.74) is 0. The van der Waals surface area contributed by atoms with E-state index in [2.05, 4.69) is 31.9 Å². The quantitative estimate of drug-likeness (QED) is 0.424. The average molecular weight is 560 g/mol. The zero-order valence-electron chi connectivity index (χ0n) is 16.4. The van der Waals surface area contributed by atoms with Gasteiger partial charge in [-0.2, -0.15) is 0 Å². The fourth-order valence-corrected chi connectivity index (χ4v) is 3.81. The molecule has 0 saturated carbocycles. The largest absolute Gasteiger partial charge is 0.508 e. The van der Waals surface area contributed by atoms with Crippen molar-refractivity contribution in [3.05, 3.63) is 69.6 Å². The van der Waals surface area contributed by atoms with Crippen LogP contribution in [-0.2, 0) is 9.84 Å². The van der Waals surface area contributed by atoms with Gasteiger partial charge in [0.05, 0.1) is 19.1 Å². The summed E-state index contributed by atoms with van der Waals surface area (Å²) >= 11 is 6.58. The average Bonchev–Trinajstić information content (AvgIpc) is 2.67. The van der Waals surface area contributed by atoms with Gasteiger partial charge >= 0.3 is 0 Å². The number of hydrogen-bond donors (Lipinski definition) is 1. The molecule has 0 heterocycles. The van der Waals surface area contributed by atoms with Crippen molar-refractivity contribution in [1.82, 2.24) is 0 Å². The molecule has 6 nitrogen and oxygen atoms in total. The van der Waals surface area contributed by atoms with E-state index in [1.807, 2.05) is 6.07 Å². The van der Waals surface area contributed by atoms with E-state index in [1.54, 1.807) is 56.7 Å². The zero-order valence-corrected chi connectivity index (χ0v) is 20.4. The van der Waals surface area contributed by atoms with Crippen LogP contribution in [0.2, 0.25) is 0 Å². The molecule has 30 heavy (non-hydrogen) atoms. The van der Waals surface area contributed by atoms with E-state index >= 15 is 0 Å². The van der Waals surface area contributed by atoms with Gasteiger partial charge in [-0.05, 0) is 48.5 Å². The van der Waals surface area contributed by atoms with Crippen LogP contribution in [0, 0.1) is 0 Å². The molecule has 9 heteroatoms. The number of rotatable bonds is 5. The lowest BCUT2D eigenvalue weighted by Gasteiger charge is -2.08. The first-order chi connectivity index (χ1) is 14.1. The van der Waals surface area contributed by atoms with Crippen molar-refractivity contribution in [1.29, 1.82) is 0 Å². The third kappa shape index (κ3) is 7.55. The van der Waals surface area contributed by atoms with Crippen LogP contribution in [0.3, 0.4) is 0 Å². The van der Waals surface area contributed by atoms with E-state index in [0.717, 1.165) is 8.95 Å². The number of phenols is 1. The van der Waals surface area contributed by atoms with Crippen molar-refractivity contribution in [3.63, 3.8) is 0 Å². The van der Waals surface area contributed by atoms with Crippen LogP contribution in [0.4, 0.5) is 0 Å². The molecular weight excluding hydrogens is 540 g/mol. The fourth-order valence-electron chi connectivity index (χ4n) is 2.27. The smallest absolute Gasteiger partial charge is 0.175 e. The van der Waals surface area contributed by atoms with Gasteiger partial charge in [-0.3, -0.25) is 0 Å². The molecule has 3 aromatic rings. The lowest BCUT2D eigenvalue weighted by Crippen LogP contribution is -1.96. The van der Waals surface area contributed by atoms with Gasteiger partial charge in [0.2, 0.25) is 0 Å². The van der Waals surface area contributed by atoms with Gasteiger partial charge in [-0.25, -0.2) is 8.42 Å². The minimum atomic E-state index is -3.19. The highest BCUT2D eigenvalue weighted by Crippen LogP contribution is 2.30. The summed E-state index contributed by atoms with van der Waals surface area (Å²) in [6, 6.07) is 16.5. The van der Waals surface area contributed by atoms with Crippen LogP contribution >= 0.6 is 31.9 Å². The zero-order chi connectivity index (χ0) is 22.3. The topological polar surface area (TPSA) is 82.1 Å². The summed E-state index contributed by atoms with van der Waals surface area (Å²) in [6.07, 6.45) is 1.17. The van der Waals surface area contributed by atoms with E-state index in [0.29, 0.717) is 23.0 Å². The Bertz CT molecular complexity index is 1080. The van der Waals surface area contributed by atoms with E-state index in [-0.39, 0.29) is 10.6 Å². The second-order valence-electron chi connectivity index (χ2n) is 6.02. The monoisotopic (exact) mass is 558 g/mol.